The minimum atomic E-state index is -0.249. The fourth-order valence-electron chi connectivity index (χ4n) is 2.30. The number of halogens is 1. The van der Waals surface area contributed by atoms with Crippen molar-refractivity contribution in [1.29, 1.82) is 0 Å². The van der Waals surface area contributed by atoms with Crippen LogP contribution in [0.2, 0.25) is 5.15 Å². The molecule has 5 nitrogen and oxygen atoms in total. The third-order valence-corrected chi connectivity index (χ3v) is 4.10. The molecule has 2 rings (SSSR count). The van der Waals surface area contributed by atoms with E-state index in [1.54, 1.807) is 11.6 Å². The van der Waals surface area contributed by atoms with E-state index in [9.17, 15) is 4.79 Å². The first-order chi connectivity index (χ1) is 10.9. The Kier molecular flexibility index (Phi) is 5.44. The van der Waals surface area contributed by atoms with Crippen LogP contribution < -0.4 is 5.32 Å². The number of aromatic nitrogens is 2. The monoisotopic (exact) mass is 335 g/mol. The quantitative estimate of drug-likeness (QED) is 0.852. The van der Waals surface area contributed by atoms with Gasteiger partial charge in [0.2, 0.25) is 0 Å². The SMILES string of the molecule is Cc1nn(-c2ccccc2)c(Cl)c1C(=O)NCC(C)(C)CCO. The van der Waals surface area contributed by atoms with Gasteiger partial charge in [0.05, 0.1) is 16.9 Å². The van der Waals surface area contributed by atoms with Crippen LogP contribution in [0, 0.1) is 12.3 Å². The van der Waals surface area contributed by atoms with Gasteiger partial charge in [-0.05, 0) is 30.9 Å². The molecule has 1 aromatic heterocycles. The average Bonchev–Trinajstić information content (AvgIpc) is 2.81. The molecule has 0 atom stereocenters. The zero-order chi connectivity index (χ0) is 17.0. The first-order valence-corrected chi connectivity index (χ1v) is 7.93. The van der Waals surface area contributed by atoms with Crippen LogP contribution in [-0.4, -0.2) is 33.9 Å². The molecule has 1 aromatic carbocycles. The molecule has 2 N–H and O–H groups in total. The Morgan fingerprint density at radius 3 is 2.61 bits per heavy atom. The molecule has 2 aromatic rings. The summed E-state index contributed by atoms with van der Waals surface area (Å²) in [7, 11) is 0. The van der Waals surface area contributed by atoms with E-state index >= 15 is 0 Å². The minimum Gasteiger partial charge on any atom is -0.396 e. The van der Waals surface area contributed by atoms with Crippen LogP contribution in [-0.2, 0) is 0 Å². The van der Waals surface area contributed by atoms with E-state index in [0.29, 0.717) is 29.4 Å². The van der Waals surface area contributed by atoms with Crippen LogP contribution in [0.3, 0.4) is 0 Å². The van der Waals surface area contributed by atoms with Gasteiger partial charge in [-0.15, -0.1) is 0 Å². The van der Waals surface area contributed by atoms with E-state index in [1.165, 1.54) is 0 Å². The summed E-state index contributed by atoms with van der Waals surface area (Å²) >= 11 is 6.37. The number of aliphatic hydroxyl groups excluding tert-OH is 1. The molecular formula is C17H22ClN3O2. The molecule has 0 aliphatic heterocycles. The highest BCUT2D eigenvalue weighted by atomic mass is 35.5. The molecule has 0 fully saturated rings. The Morgan fingerprint density at radius 2 is 2.00 bits per heavy atom. The van der Waals surface area contributed by atoms with Crippen LogP contribution >= 0.6 is 11.6 Å². The van der Waals surface area contributed by atoms with Crippen molar-refractivity contribution < 1.29 is 9.90 Å². The maximum absolute atomic E-state index is 12.5. The first-order valence-electron chi connectivity index (χ1n) is 7.55. The number of benzene rings is 1. The van der Waals surface area contributed by atoms with E-state index in [0.717, 1.165) is 5.69 Å². The number of carbonyl (C=O) groups is 1. The molecular weight excluding hydrogens is 314 g/mol. The summed E-state index contributed by atoms with van der Waals surface area (Å²) in [6.07, 6.45) is 0.614. The molecule has 1 amide bonds. The maximum atomic E-state index is 12.5. The number of para-hydroxylation sites is 1. The lowest BCUT2D eigenvalue weighted by molar-refractivity contribution is 0.0927. The molecule has 0 unspecified atom stereocenters. The lowest BCUT2D eigenvalue weighted by atomic mass is 9.89. The second-order valence-electron chi connectivity index (χ2n) is 6.32. The Morgan fingerprint density at radius 1 is 1.35 bits per heavy atom. The number of hydrogen-bond donors (Lipinski definition) is 2. The van der Waals surface area contributed by atoms with Gasteiger partial charge in [0, 0.05) is 13.2 Å². The van der Waals surface area contributed by atoms with Crippen molar-refractivity contribution >= 4 is 17.5 Å². The number of nitrogens with zero attached hydrogens (tertiary/aromatic N) is 2. The van der Waals surface area contributed by atoms with Gasteiger partial charge in [0.1, 0.15) is 5.15 Å². The van der Waals surface area contributed by atoms with E-state index in [-0.39, 0.29) is 17.9 Å². The summed E-state index contributed by atoms with van der Waals surface area (Å²) in [5.74, 6) is -0.249. The van der Waals surface area contributed by atoms with E-state index < -0.39 is 0 Å². The van der Waals surface area contributed by atoms with Gasteiger partial charge in [0.15, 0.2) is 0 Å². The smallest absolute Gasteiger partial charge is 0.256 e. The number of hydrogen-bond acceptors (Lipinski definition) is 3. The standard InChI is InChI=1S/C17H22ClN3O2/c1-12-14(16(23)19-11-17(2,3)9-10-22)15(18)21(20-12)13-7-5-4-6-8-13/h4-8,22H,9-11H2,1-3H3,(H,19,23). The average molecular weight is 336 g/mol. The molecule has 6 heteroatoms. The molecule has 0 bridgehead atoms. The number of carbonyl (C=O) groups excluding carboxylic acids is 1. The number of aryl methyl sites for hydroxylation is 1. The van der Waals surface area contributed by atoms with Gasteiger partial charge < -0.3 is 10.4 Å². The largest absolute Gasteiger partial charge is 0.396 e. The third-order valence-electron chi connectivity index (χ3n) is 3.75. The molecule has 0 saturated carbocycles. The van der Waals surface area contributed by atoms with Crippen LogP contribution in [0.1, 0.15) is 36.3 Å². The summed E-state index contributed by atoms with van der Waals surface area (Å²) < 4.78 is 1.56. The minimum absolute atomic E-state index is 0.0919. The van der Waals surface area contributed by atoms with E-state index in [2.05, 4.69) is 10.4 Å². The topological polar surface area (TPSA) is 67.2 Å². The lowest BCUT2D eigenvalue weighted by Crippen LogP contribution is -2.34. The van der Waals surface area contributed by atoms with E-state index in [4.69, 9.17) is 16.7 Å². The van der Waals surface area contributed by atoms with Gasteiger partial charge in [-0.3, -0.25) is 4.79 Å². The van der Waals surface area contributed by atoms with Crippen LogP contribution in [0.4, 0.5) is 0 Å². The lowest BCUT2D eigenvalue weighted by Gasteiger charge is -2.23. The molecule has 23 heavy (non-hydrogen) atoms. The Balaban J connectivity index is 2.20. The summed E-state index contributed by atoms with van der Waals surface area (Å²) in [5, 5.41) is 16.6. The molecule has 0 spiro atoms. The van der Waals surface area contributed by atoms with Crippen LogP contribution in [0.25, 0.3) is 5.69 Å². The zero-order valence-corrected chi connectivity index (χ0v) is 14.4. The Labute approximate surface area is 141 Å². The summed E-state index contributed by atoms with van der Waals surface area (Å²) in [5.41, 5.74) is 1.59. The highest BCUT2D eigenvalue weighted by Crippen LogP contribution is 2.24. The highest BCUT2D eigenvalue weighted by Gasteiger charge is 2.23. The van der Waals surface area contributed by atoms with Crippen molar-refractivity contribution in [3.63, 3.8) is 0 Å². The first kappa shape index (κ1) is 17.5. The van der Waals surface area contributed by atoms with Gasteiger partial charge in [-0.1, -0.05) is 43.6 Å². The molecule has 124 valence electrons. The van der Waals surface area contributed by atoms with Gasteiger partial charge in [-0.25, -0.2) is 4.68 Å². The number of aliphatic hydroxyl groups is 1. The van der Waals surface area contributed by atoms with Gasteiger partial charge in [-0.2, -0.15) is 5.10 Å². The second-order valence-corrected chi connectivity index (χ2v) is 6.68. The fourth-order valence-corrected chi connectivity index (χ4v) is 2.65. The molecule has 0 radical (unpaired) electrons. The molecule has 0 saturated heterocycles. The Hall–Kier alpha value is -1.85. The number of nitrogens with one attached hydrogen (secondary N) is 1. The predicted octanol–water partition coefficient (Wildman–Crippen LogP) is 2.97. The van der Waals surface area contributed by atoms with Crippen molar-refractivity contribution in [2.45, 2.75) is 27.2 Å². The second kappa shape index (κ2) is 7.15. The van der Waals surface area contributed by atoms with Crippen LogP contribution in [0.5, 0.6) is 0 Å². The summed E-state index contributed by atoms with van der Waals surface area (Å²) in [6.45, 7) is 6.29. The zero-order valence-electron chi connectivity index (χ0n) is 13.6. The van der Waals surface area contributed by atoms with Crippen molar-refractivity contribution in [3.8, 4) is 5.69 Å². The fraction of sp³-hybridized carbons (Fsp3) is 0.412. The summed E-state index contributed by atoms with van der Waals surface area (Å²) in [4.78, 5) is 12.5. The summed E-state index contributed by atoms with van der Waals surface area (Å²) in [6, 6.07) is 9.44. The predicted molar refractivity (Wildman–Crippen MR) is 91.1 cm³/mol. The third kappa shape index (κ3) is 4.12. The van der Waals surface area contributed by atoms with Crippen molar-refractivity contribution in [2.75, 3.05) is 13.2 Å². The molecule has 1 heterocycles. The molecule has 0 aliphatic carbocycles. The molecule has 0 aliphatic rings. The normalized spacial score (nSPS) is 11.5. The highest BCUT2D eigenvalue weighted by molar-refractivity contribution is 6.33. The van der Waals surface area contributed by atoms with Gasteiger partial charge in [0.25, 0.3) is 5.91 Å². The number of amides is 1. The van der Waals surface area contributed by atoms with Crippen molar-refractivity contribution in [3.05, 3.63) is 46.7 Å². The van der Waals surface area contributed by atoms with E-state index in [1.807, 2.05) is 44.2 Å². The van der Waals surface area contributed by atoms with Crippen molar-refractivity contribution in [2.24, 2.45) is 5.41 Å². The maximum Gasteiger partial charge on any atom is 0.256 e. The van der Waals surface area contributed by atoms with Crippen molar-refractivity contribution in [1.82, 2.24) is 15.1 Å². The number of rotatable bonds is 6. The van der Waals surface area contributed by atoms with Crippen LogP contribution in [0.15, 0.2) is 30.3 Å². The Bertz CT molecular complexity index is 681. The van der Waals surface area contributed by atoms with Gasteiger partial charge >= 0.3 is 0 Å².